The lowest BCUT2D eigenvalue weighted by atomic mass is 9.78. The van der Waals surface area contributed by atoms with Crippen LogP contribution in [-0.2, 0) is 9.53 Å². The highest BCUT2D eigenvalue weighted by Crippen LogP contribution is 2.49. The van der Waals surface area contributed by atoms with Crippen molar-refractivity contribution in [2.75, 3.05) is 6.61 Å². The summed E-state index contributed by atoms with van der Waals surface area (Å²) in [6.07, 6.45) is 6.70. The van der Waals surface area contributed by atoms with E-state index in [1.54, 1.807) is 0 Å². The Morgan fingerprint density at radius 3 is 2.69 bits per heavy atom. The number of hydrogen-bond acceptors (Lipinski definition) is 2. The van der Waals surface area contributed by atoms with Crippen LogP contribution in [0.25, 0.3) is 0 Å². The number of carbonyl (C=O) groups excluding carboxylic acids is 1. The predicted molar refractivity (Wildman–Crippen MR) is 49.1 cm³/mol. The summed E-state index contributed by atoms with van der Waals surface area (Å²) in [7, 11) is 0. The van der Waals surface area contributed by atoms with Gasteiger partial charge in [0.1, 0.15) is 0 Å². The summed E-state index contributed by atoms with van der Waals surface area (Å²) in [5, 5.41) is 0. The van der Waals surface area contributed by atoms with E-state index in [2.05, 4.69) is 0 Å². The molecule has 3 nitrogen and oxygen atoms in total. The fourth-order valence-corrected chi connectivity index (χ4v) is 2.85. The van der Waals surface area contributed by atoms with E-state index in [9.17, 15) is 4.79 Å². The van der Waals surface area contributed by atoms with Crippen molar-refractivity contribution >= 4 is 5.91 Å². The topological polar surface area (TPSA) is 52.3 Å². The van der Waals surface area contributed by atoms with Crippen LogP contribution in [0.4, 0.5) is 0 Å². The fraction of sp³-hybridized carbons (Fsp3) is 0.900. The standard InChI is InChI=1S/C10H17NO2/c11-9(12)7-8-10(5-6-13-8)3-1-2-4-10/h8H,1-7H2,(H2,11,12). The summed E-state index contributed by atoms with van der Waals surface area (Å²) in [5.74, 6) is -0.224. The maximum Gasteiger partial charge on any atom is 0.220 e. The lowest BCUT2D eigenvalue weighted by Crippen LogP contribution is -2.32. The Morgan fingerprint density at radius 1 is 1.38 bits per heavy atom. The van der Waals surface area contributed by atoms with Crippen LogP contribution in [0, 0.1) is 5.41 Å². The van der Waals surface area contributed by atoms with Crippen LogP contribution in [0.2, 0.25) is 0 Å². The molecule has 1 saturated carbocycles. The van der Waals surface area contributed by atoms with E-state index in [1.165, 1.54) is 25.7 Å². The Hall–Kier alpha value is -0.570. The van der Waals surface area contributed by atoms with Crippen LogP contribution in [0.15, 0.2) is 0 Å². The Bertz CT molecular complexity index is 203. The fourth-order valence-electron chi connectivity index (χ4n) is 2.85. The first-order valence-electron chi connectivity index (χ1n) is 5.13. The van der Waals surface area contributed by atoms with Gasteiger partial charge in [-0.3, -0.25) is 4.79 Å². The molecule has 74 valence electrons. The highest BCUT2D eigenvalue weighted by Gasteiger charge is 2.45. The molecule has 0 bridgehead atoms. The van der Waals surface area contributed by atoms with E-state index < -0.39 is 0 Å². The molecular formula is C10H17NO2. The average Bonchev–Trinajstić information content (AvgIpc) is 2.64. The van der Waals surface area contributed by atoms with Gasteiger partial charge in [0.2, 0.25) is 5.91 Å². The summed E-state index contributed by atoms with van der Waals surface area (Å²) in [6.45, 7) is 0.817. The SMILES string of the molecule is NC(=O)CC1OCCC12CCCC2. The highest BCUT2D eigenvalue weighted by molar-refractivity contribution is 5.74. The largest absolute Gasteiger partial charge is 0.377 e. The maximum atomic E-state index is 10.8. The van der Waals surface area contributed by atoms with Crippen LogP contribution in [0.5, 0.6) is 0 Å². The molecule has 13 heavy (non-hydrogen) atoms. The maximum absolute atomic E-state index is 10.8. The van der Waals surface area contributed by atoms with Crippen molar-refractivity contribution in [2.24, 2.45) is 11.1 Å². The number of carbonyl (C=O) groups is 1. The van der Waals surface area contributed by atoms with Crippen LogP contribution in [0.1, 0.15) is 38.5 Å². The molecule has 2 fully saturated rings. The molecule has 1 amide bonds. The zero-order chi connectivity index (χ0) is 9.31. The molecule has 1 atom stereocenters. The molecule has 2 N–H and O–H groups in total. The molecule has 1 aliphatic heterocycles. The molecule has 0 aromatic carbocycles. The number of nitrogens with two attached hydrogens (primary N) is 1. The summed E-state index contributed by atoms with van der Waals surface area (Å²) in [6, 6.07) is 0. The molecule has 0 aromatic rings. The Labute approximate surface area is 78.6 Å². The molecule has 1 spiro atoms. The second-order valence-corrected chi connectivity index (χ2v) is 4.35. The van der Waals surface area contributed by atoms with Crippen molar-refractivity contribution < 1.29 is 9.53 Å². The minimum Gasteiger partial charge on any atom is -0.377 e. The van der Waals surface area contributed by atoms with Crippen molar-refractivity contribution in [3.05, 3.63) is 0 Å². The number of hydrogen-bond donors (Lipinski definition) is 1. The average molecular weight is 183 g/mol. The normalized spacial score (nSPS) is 31.2. The lowest BCUT2D eigenvalue weighted by Gasteiger charge is -2.28. The van der Waals surface area contributed by atoms with Gasteiger partial charge in [0.25, 0.3) is 0 Å². The van der Waals surface area contributed by atoms with Gasteiger partial charge >= 0.3 is 0 Å². The van der Waals surface area contributed by atoms with E-state index in [-0.39, 0.29) is 12.0 Å². The number of ether oxygens (including phenoxy) is 1. The summed E-state index contributed by atoms with van der Waals surface area (Å²) < 4.78 is 5.60. The van der Waals surface area contributed by atoms with Gasteiger partial charge in [0.05, 0.1) is 12.5 Å². The third-order valence-corrected chi connectivity index (χ3v) is 3.59. The Kier molecular flexibility index (Phi) is 2.28. The molecular weight excluding hydrogens is 166 g/mol. The van der Waals surface area contributed by atoms with E-state index in [1.807, 2.05) is 0 Å². The predicted octanol–water partition coefficient (Wildman–Crippen LogP) is 1.21. The zero-order valence-corrected chi connectivity index (χ0v) is 7.92. The first-order chi connectivity index (χ1) is 6.23. The molecule has 1 aliphatic carbocycles. The van der Waals surface area contributed by atoms with E-state index in [0.717, 1.165) is 13.0 Å². The van der Waals surface area contributed by atoms with Gasteiger partial charge in [-0.25, -0.2) is 0 Å². The summed E-state index contributed by atoms with van der Waals surface area (Å²) in [4.78, 5) is 10.8. The number of rotatable bonds is 2. The third-order valence-electron chi connectivity index (χ3n) is 3.59. The van der Waals surface area contributed by atoms with Crippen LogP contribution in [0.3, 0.4) is 0 Å². The Balaban J connectivity index is 2.04. The molecule has 1 unspecified atom stereocenters. The number of primary amides is 1. The van der Waals surface area contributed by atoms with Crippen molar-refractivity contribution in [2.45, 2.75) is 44.6 Å². The van der Waals surface area contributed by atoms with Crippen molar-refractivity contribution in [3.8, 4) is 0 Å². The minimum atomic E-state index is -0.224. The second-order valence-electron chi connectivity index (χ2n) is 4.35. The van der Waals surface area contributed by atoms with Gasteiger partial charge < -0.3 is 10.5 Å². The zero-order valence-electron chi connectivity index (χ0n) is 7.92. The minimum absolute atomic E-state index is 0.118. The van der Waals surface area contributed by atoms with Gasteiger partial charge in [0.15, 0.2) is 0 Å². The summed E-state index contributed by atoms with van der Waals surface area (Å²) >= 11 is 0. The van der Waals surface area contributed by atoms with Gasteiger partial charge in [-0.2, -0.15) is 0 Å². The Morgan fingerprint density at radius 2 is 2.08 bits per heavy atom. The molecule has 1 heterocycles. The van der Waals surface area contributed by atoms with Crippen molar-refractivity contribution in [1.29, 1.82) is 0 Å². The van der Waals surface area contributed by atoms with Gasteiger partial charge in [-0.05, 0) is 24.7 Å². The number of amides is 1. The first kappa shape index (κ1) is 9.00. The van der Waals surface area contributed by atoms with Crippen LogP contribution in [-0.4, -0.2) is 18.6 Å². The third kappa shape index (κ3) is 1.57. The molecule has 1 saturated heterocycles. The van der Waals surface area contributed by atoms with Crippen molar-refractivity contribution in [3.63, 3.8) is 0 Å². The monoisotopic (exact) mass is 183 g/mol. The highest BCUT2D eigenvalue weighted by atomic mass is 16.5. The molecule has 0 aromatic heterocycles. The lowest BCUT2D eigenvalue weighted by molar-refractivity contribution is -0.121. The van der Waals surface area contributed by atoms with Gasteiger partial charge in [-0.15, -0.1) is 0 Å². The quantitative estimate of drug-likeness (QED) is 0.699. The van der Waals surface area contributed by atoms with Gasteiger partial charge in [-0.1, -0.05) is 12.8 Å². The summed E-state index contributed by atoms with van der Waals surface area (Å²) in [5.41, 5.74) is 5.52. The molecule has 2 aliphatic rings. The molecule has 0 radical (unpaired) electrons. The van der Waals surface area contributed by atoms with Gasteiger partial charge in [0, 0.05) is 6.61 Å². The van der Waals surface area contributed by atoms with E-state index in [0.29, 0.717) is 11.8 Å². The van der Waals surface area contributed by atoms with Crippen molar-refractivity contribution in [1.82, 2.24) is 0 Å². The van der Waals surface area contributed by atoms with E-state index >= 15 is 0 Å². The van der Waals surface area contributed by atoms with Crippen LogP contribution < -0.4 is 5.73 Å². The second kappa shape index (κ2) is 3.29. The van der Waals surface area contributed by atoms with Crippen LogP contribution >= 0.6 is 0 Å². The first-order valence-corrected chi connectivity index (χ1v) is 5.13. The molecule has 3 heteroatoms. The smallest absolute Gasteiger partial charge is 0.220 e. The molecule has 2 rings (SSSR count). The van der Waals surface area contributed by atoms with E-state index in [4.69, 9.17) is 10.5 Å².